The lowest BCUT2D eigenvalue weighted by atomic mass is 10.2. The van der Waals surface area contributed by atoms with Gasteiger partial charge in [0.1, 0.15) is 0 Å². The fourth-order valence-electron chi connectivity index (χ4n) is 1.69. The SMILES string of the molecule is O=S(=O)(C=Cc1ccccc1I)c1ccc(C(F)(F)F)cc1. The van der Waals surface area contributed by atoms with Gasteiger partial charge in [0.15, 0.2) is 9.84 Å². The summed E-state index contributed by atoms with van der Waals surface area (Å²) in [6.07, 6.45) is -3.06. The molecule has 0 spiro atoms. The lowest BCUT2D eigenvalue weighted by molar-refractivity contribution is -0.137. The minimum absolute atomic E-state index is 0.178. The molecule has 0 amide bonds. The van der Waals surface area contributed by atoms with Gasteiger partial charge in [-0.1, -0.05) is 18.2 Å². The average Bonchev–Trinajstić information content (AvgIpc) is 2.46. The molecule has 0 unspecified atom stereocenters. The van der Waals surface area contributed by atoms with E-state index in [1.165, 1.54) is 6.08 Å². The molecule has 0 saturated carbocycles. The van der Waals surface area contributed by atoms with E-state index >= 15 is 0 Å². The zero-order chi connectivity index (χ0) is 16.4. The van der Waals surface area contributed by atoms with Crippen LogP contribution >= 0.6 is 22.6 Å². The minimum Gasteiger partial charge on any atom is -0.219 e. The fraction of sp³-hybridized carbons (Fsp3) is 0.0667. The number of benzene rings is 2. The minimum atomic E-state index is -4.49. The first-order valence-corrected chi connectivity index (χ1v) is 8.67. The normalized spacial score (nSPS) is 12.7. The van der Waals surface area contributed by atoms with Crippen LogP contribution in [0.15, 0.2) is 58.8 Å². The molecule has 2 aromatic rings. The van der Waals surface area contributed by atoms with E-state index in [9.17, 15) is 21.6 Å². The molecule has 2 aromatic carbocycles. The van der Waals surface area contributed by atoms with Crippen LogP contribution in [-0.4, -0.2) is 8.42 Å². The van der Waals surface area contributed by atoms with Gasteiger partial charge >= 0.3 is 6.18 Å². The molecular formula is C15H10F3IO2S. The molecular weight excluding hydrogens is 428 g/mol. The van der Waals surface area contributed by atoms with Gasteiger partial charge in [-0.25, -0.2) is 8.42 Å². The van der Waals surface area contributed by atoms with E-state index in [2.05, 4.69) is 22.6 Å². The van der Waals surface area contributed by atoms with E-state index in [1.54, 1.807) is 12.1 Å². The summed E-state index contributed by atoms with van der Waals surface area (Å²) in [4.78, 5) is -0.178. The van der Waals surface area contributed by atoms with Crippen LogP contribution in [0.1, 0.15) is 11.1 Å². The summed E-state index contributed by atoms with van der Waals surface area (Å²) in [5.41, 5.74) is -0.161. The number of hydrogen-bond donors (Lipinski definition) is 0. The van der Waals surface area contributed by atoms with Gasteiger partial charge in [-0.3, -0.25) is 0 Å². The largest absolute Gasteiger partial charge is 0.416 e. The molecule has 0 fully saturated rings. The van der Waals surface area contributed by atoms with E-state index in [0.717, 1.165) is 38.8 Å². The first-order chi connectivity index (χ1) is 10.2. The van der Waals surface area contributed by atoms with Crippen molar-refractivity contribution < 1.29 is 21.6 Å². The number of rotatable bonds is 3. The Morgan fingerprint density at radius 1 is 0.955 bits per heavy atom. The molecule has 0 saturated heterocycles. The number of sulfone groups is 1. The van der Waals surface area contributed by atoms with Gasteiger partial charge in [-0.2, -0.15) is 13.2 Å². The third-order valence-electron chi connectivity index (χ3n) is 2.84. The van der Waals surface area contributed by atoms with Crippen LogP contribution in [0.5, 0.6) is 0 Å². The number of halogens is 4. The summed E-state index contributed by atoms with van der Waals surface area (Å²) < 4.78 is 62.5. The maximum Gasteiger partial charge on any atom is 0.416 e. The quantitative estimate of drug-likeness (QED) is 0.649. The molecule has 0 atom stereocenters. The van der Waals surface area contributed by atoms with Crippen LogP contribution in [-0.2, 0) is 16.0 Å². The Morgan fingerprint density at radius 3 is 2.09 bits per heavy atom. The maximum atomic E-state index is 12.5. The second-order valence-electron chi connectivity index (χ2n) is 4.39. The number of alkyl halides is 3. The van der Waals surface area contributed by atoms with Crippen LogP contribution in [0.3, 0.4) is 0 Å². The summed E-state index contributed by atoms with van der Waals surface area (Å²) in [6, 6.07) is 10.6. The van der Waals surface area contributed by atoms with Crippen LogP contribution in [0, 0.1) is 3.57 Å². The Hall–Kier alpha value is -1.35. The van der Waals surface area contributed by atoms with Gasteiger partial charge in [0.05, 0.1) is 10.5 Å². The molecule has 2 nitrogen and oxygen atoms in total. The lowest BCUT2D eigenvalue weighted by Crippen LogP contribution is -2.05. The van der Waals surface area contributed by atoms with Gasteiger partial charge in [0, 0.05) is 8.98 Å². The Bertz CT molecular complexity index is 794. The highest BCUT2D eigenvalue weighted by Crippen LogP contribution is 2.30. The van der Waals surface area contributed by atoms with Crippen LogP contribution in [0.4, 0.5) is 13.2 Å². The van der Waals surface area contributed by atoms with Crippen molar-refractivity contribution in [3.05, 3.63) is 68.6 Å². The molecule has 0 aliphatic heterocycles. The van der Waals surface area contributed by atoms with Crippen molar-refractivity contribution >= 4 is 38.5 Å². The van der Waals surface area contributed by atoms with Crippen molar-refractivity contribution in [1.82, 2.24) is 0 Å². The topological polar surface area (TPSA) is 34.1 Å². The zero-order valence-corrected chi connectivity index (χ0v) is 14.0. The Labute approximate surface area is 139 Å². The summed E-state index contributed by atoms with van der Waals surface area (Å²) in [5.74, 6) is 0. The summed E-state index contributed by atoms with van der Waals surface area (Å²) >= 11 is 2.07. The molecule has 0 aliphatic carbocycles. The first-order valence-electron chi connectivity index (χ1n) is 6.05. The van der Waals surface area contributed by atoms with Gasteiger partial charge < -0.3 is 0 Å². The summed E-state index contributed by atoms with van der Waals surface area (Å²) in [6.45, 7) is 0. The lowest BCUT2D eigenvalue weighted by Gasteiger charge is -2.07. The smallest absolute Gasteiger partial charge is 0.219 e. The van der Waals surface area contributed by atoms with E-state index < -0.39 is 21.6 Å². The standard InChI is InChI=1S/C15H10F3IO2S/c16-15(17,18)12-5-7-13(8-6-12)22(20,21)10-9-11-3-1-2-4-14(11)19/h1-10H. The highest BCUT2D eigenvalue weighted by Gasteiger charge is 2.30. The molecule has 116 valence electrons. The Kier molecular flexibility index (Phi) is 4.96. The van der Waals surface area contributed by atoms with Crippen molar-refractivity contribution in [2.24, 2.45) is 0 Å². The van der Waals surface area contributed by atoms with Crippen molar-refractivity contribution in [3.63, 3.8) is 0 Å². The molecule has 2 rings (SSSR count). The summed E-state index contributed by atoms with van der Waals surface area (Å²) in [5, 5.41) is 0.993. The molecule has 0 aromatic heterocycles. The predicted octanol–water partition coefficient (Wildman–Crippen LogP) is 4.75. The molecule has 0 bridgehead atoms. The first kappa shape index (κ1) is 17.0. The van der Waals surface area contributed by atoms with Crippen molar-refractivity contribution in [2.45, 2.75) is 11.1 Å². The second kappa shape index (κ2) is 6.41. The van der Waals surface area contributed by atoms with Gasteiger partial charge in [-0.15, -0.1) is 0 Å². The Balaban J connectivity index is 2.30. The Morgan fingerprint density at radius 2 is 1.55 bits per heavy atom. The predicted molar refractivity (Wildman–Crippen MR) is 86.8 cm³/mol. The summed E-state index contributed by atoms with van der Waals surface area (Å²) in [7, 11) is -3.79. The average molecular weight is 438 g/mol. The van der Waals surface area contributed by atoms with E-state index in [4.69, 9.17) is 0 Å². The van der Waals surface area contributed by atoms with Crippen LogP contribution in [0.2, 0.25) is 0 Å². The van der Waals surface area contributed by atoms with E-state index in [1.807, 2.05) is 12.1 Å². The van der Waals surface area contributed by atoms with E-state index in [-0.39, 0.29) is 4.90 Å². The third kappa shape index (κ3) is 4.10. The molecule has 0 aliphatic rings. The molecule has 0 N–H and O–H groups in total. The van der Waals surface area contributed by atoms with E-state index in [0.29, 0.717) is 0 Å². The zero-order valence-electron chi connectivity index (χ0n) is 11.0. The highest BCUT2D eigenvalue weighted by atomic mass is 127. The monoisotopic (exact) mass is 438 g/mol. The van der Waals surface area contributed by atoms with Crippen molar-refractivity contribution in [1.29, 1.82) is 0 Å². The maximum absolute atomic E-state index is 12.5. The van der Waals surface area contributed by atoms with Gasteiger partial charge in [-0.05, 0) is 64.6 Å². The van der Waals surface area contributed by atoms with Crippen molar-refractivity contribution in [3.8, 4) is 0 Å². The second-order valence-corrected chi connectivity index (χ2v) is 7.39. The van der Waals surface area contributed by atoms with Crippen LogP contribution in [0.25, 0.3) is 6.08 Å². The van der Waals surface area contributed by atoms with Gasteiger partial charge in [0.2, 0.25) is 0 Å². The number of hydrogen-bond acceptors (Lipinski definition) is 2. The molecule has 22 heavy (non-hydrogen) atoms. The molecule has 7 heteroatoms. The van der Waals surface area contributed by atoms with Crippen LogP contribution < -0.4 is 0 Å². The van der Waals surface area contributed by atoms with Gasteiger partial charge in [0.25, 0.3) is 0 Å². The molecule has 0 radical (unpaired) electrons. The fourth-order valence-corrected chi connectivity index (χ4v) is 3.25. The third-order valence-corrected chi connectivity index (χ3v) is 5.25. The highest BCUT2D eigenvalue weighted by molar-refractivity contribution is 14.1. The molecule has 0 heterocycles. The van der Waals surface area contributed by atoms with Crippen molar-refractivity contribution in [2.75, 3.05) is 0 Å².